The molecule has 0 fully saturated rings. The largest absolute Gasteiger partial charge is 0.493 e. The topological polar surface area (TPSA) is 46.5 Å². The molecular formula is C30H40O3. The summed E-state index contributed by atoms with van der Waals surface area (Å²) in [7, 11) is 0. The van der Waals surface area contributed by atoms with Crippen LogP contribution in [-0.2, 0) is 15.6 Å². The molecule has 0 radical (unpaired) electrons. The molecule has 0 bridgehead atoms. The number of carbonyl (C=O) groups is 1. The third-order valence-corrected chi connectivity index (χ3v) is 7.24. The number of aliphatic carboxylic acids is 1. The van der Waals surface area contributed by atoms with Gasteiger partial charge in [0.1, 0.15) is 5.75 Å². The lowest BCUT2D eigenvalue weighted by Crippen LogP contribution is -2.34. The van der Waals surface area contributed by atoms with Gasteiger partial charge in [-0.3, -0.25) is 0 Å². The van der Waals surface area contributed by atoms with E-state index in [4.69, 9.17) is 4.74 Å². The van der Waals surface area contributed by atoms with Gasteiger partial charge in [0.15, 0.2) is 0 Å². The zero-order valence-corrected chi connectivity index (χ0v) is 21.1. The van der Waals surface area contributed by atoms with Crippen molar-refractivity contribution >= 4 is 11.5 Å². The summed E-state index contributed by atoms with van der Waals surface area (Å²) < 4.78 is 6.41. The first-order valence-electron chi connectivity index (χ1n) is 12.4. The molecule has 3 rings (SSSR count). The van der Waals surface area contributed by atoms with Crippen molar-refractivity contribution in [3.63, 3.8) is 0 Å². The summed E-state index contributed by atoms with van der Waals surface area (Å²) in [5, 5.41) is 9.42. The SMILES string of the molecule is C=C(C(=O)O)c1cccc(-c2cc3c(cc2OCCCCCCC)C(C)(C)CCC3(C)C)c1. The predicted molar refractivity (Wildman–Crippen MR) is 138 cm³/mol. The van der Waals surface area contributed by atoms with Crippen LogP contribution in [0.5, 0.6) is 5.75 Å². The van der Waals surface area contributed by atoms with Crippen molar-refractivity contribution < 1.29 is 14.6 Å². The van der Waals surface area contributed by atoms with E-state index >= 15 is 0 Å². The first kappa shape index (κ1) is 25.1. The average Bonchev–Trinajstić information content (AvgIpc) is 2.78. The van der Waals surface area contributed by atoms with Gasteiger partial charge in [-0.25, -0.2) is 4.79 Å². The Balaban J connectivity index is 2.05. The molecule has 3 heteroatoms. The minimum absolute atomic E-state index is 0.0839. The molecule has 0 saturated carbocycles. The van der Waals surface area contributed by atoms with Gasteiger partial charge in [-0.1, -0.05) is 85.1 Å². The third-order valence-electron chi connectivity index (χ3n) is 7.24. The van der Waals surface area contributed by atoms with Crippen molar-refractivity contribution in [3.05, 3.63) is 59.7 Å². The summed E-state index contributed by atoms with van der Waals surface area (Å²) in [5.74, 6) is -0.0999. The predicted octanol–water partition coefficient (Wildman–Crippen LogP) is 8.15. The van der Waals surface area contributed by atoms with Gasteiger partial charge < -0.3 is 9.84 Å². The van der Waals surface area contributed by atoms with Gasteiger partial charge in [-0.05, 0) is 70.5 Å². The lowest BCUT2D eigenvalue weighted by atomic mass is 9.62. The van der Waals surface area contributed by atoms with Crippen molar-refractivity contribution in [2.75, 3.05) is 6.61 Å². The van der Waals surface area contributed by atoms with Crippen LogP contribution in [-0.4, -0.2) is 17.7 Å². The van der Waals surface area contributed by atoms with E-state index in [9.17, 15) is 9.90 Å². The molecule has 0 spiro atoms. The van der Waals surface area contributed by atoms with Gasteiger partial charge in [0, 0.05) is 5.56 Å². The molecule has 3 nitrogen and oxygen atoms in total. The lowest BCUT2D eigenvalue weighted by molar-refractivity contribution is -0.130. The summed E-state index contributed by atoms with van der Waals surface area (Å²) in [5.41, 5.74) is 5.66. The van der Waals surface area contributed by atoms with Crippen LogP contribution >= 0.6 is 0 Å². The number of carboxylic acids is 1. The van der Waals surface area contributed by atoms with Gasteiger partial charge in [0.05, 0.1) is 12.2 Å². The van der Waals surface area contributed by atoms with Crippen molar-refractivity contribution in [1.29, 1.82) is 0 Å². The molecule has 0 aromatic heterocycles. The summed E-state index contributed by atoms with van der Waals surface area (Å²) in [6.07, 6.45) is 8.27. The molecule has 0 unspecified atom stereocenters. The molecule has 0 aliphatic heterocycles. The van der Waals surface area contributed by atoms with E-state index in [2.05, 4.69) is 53.3 Å². The lowest BCUT2D eigenvalue weighted by Gasteiger charge is -2.42. The Bertz CT molecular complexity index is 1010. The Morgan fingerprint density at radius 1 is 0.970 bits per heavy atom. The smallest absolute Gasteiger partial charge is 0.335 e. The second-order valence-electron chi connectivity index (χ2n) is 10.8. The molecule has 178 valence electrons. The second kappa shape index (κ2) is 10.2. The Morgan fingerprint density at radius 2 is 1.61 bits per heavy atom. The van der Waals surface area contributed by atoms with E-state index in [0.717, 1.165) is 36.1 Å². The zero-order chi connectivity index (χ0) is 24.2. The van der Waals surface area contributed by atoms with Gasteiger partial charge in [-0.2, -0.15) is 0 Å². The van der Waals surface area contributed by atoms with Crippen LogP contribution in [0.2, 0.25) is 0 Å². The maximum atomic E-state index is 11.5. The zero-order valence-electron chi connectivity index (χ0n) is 21.1. The molecule has 0 atom stereocenters. The highest BCUT2D eigenvalue weighted by Crippen LogP contribution is 2.49. The van der Waals surface area contributed by atoms with Crippen LogP contribution in [0.25, 0.3) is 16.7 Å². The minimum Gasteiger partial charge on any atom is -0.493 e. The molecule has 0 heterocycles. The molecule has 1 aliphatic carbocycles. The highest BCUT2D eigenvalue weighted by atomic mass is 16.5. The normalized spacial score (nSPS) is 16.2. The van der Waals surface area contributed by atoms with Crippen LogP contribution in [0.3, 0.4) is 0 Å². The number of hydrogen-bond donors (Lipinski definition) is 1. The van der Waals surface area contributed by atoms with E-state index in [-0.39, 0.29) is 16.4 Å². The Kier molecular flexibility index (Phi) is 7.72. The molecule has 1 aliphatic rings. The quantitative estimate of drug-likeness (QED) is 0.295. The monoisotopic (exact) mass is 448 g/mol. The molecule has 2 aromatic rings. The van der Waals surface area contributed by atoms with Crippen molar-refractivity contribution in [2.24, 2.45) is 0 Å². The summed E-state index contributed by atoms with van der Waals surface area (Å²) in [6, 6.07) is 12.2. The highest BCUT2D eigenvalue weighted by Gasteiger charge is 2.38. The van der Waals surface area contributed by atoms with Crippen LogP contribution in [0, 0.1) is 0 Å². The van der Waals surface area contributed by atoms with E-state index < -0.39 is 5.97 Å². The Morgan fingerprint density at radius 3 is 2.24 bits per heavy atom. The second-order valence-corrected chi connectivity index (χ2v) is 10.8. The van der Waals surface area contributed by atoms with Gasteiger partial charge in [0.25, 0.3) is 0 Å². The third kappa shape index (κ3) is 5.69. The van der Waals surface area contributed by atoms with Gasteiger partial charge >= 0.3 is 5.97 Å². The van der Waals surface area contributed by atoms with Crippen LogP contribution in [0.4, 0.5) is 0 Å². The first-order valence-corrected chi connectivity index (χ1v) is 12.4. The number of carboxylic acid groups (broad SMARTS) is 1. The van der Waals surface area contributed by atoms with E-state index in [1.807, 2.05) is 18.2 Å². The molecule has 1 N–H and O–H groups in total. The van der Waals surface area contributed by atoms with Crippen molar-refractivity contribution in [1.82, 2.24) is 0 Å². The van der Waals surface area contributed by atoms with Crippen molar-refractivity contribution in [3.8, 4) is 16.9 Å². The van der Waals surface area contributed by atoms with Crippen LogP contribution in [0.1, 0.15) is 96.3 Å². The van der Waals surface area contributed by atoms with E-state index in [1.54, 1.807) is 6.07 Å². The minimum atomic E-state index is -0.996. The van der Waals surface area contributed by atoms with Crippen LogP contribution in [0.15, 0.2) is 43.0 Å². The molecule has 33 heavy (non-hydrogen) atoms. The molecule has 2 aromatic carbocycles. The van der Waals surface area contributed by atoms with Gasteiger partial charge in [0.2, 0.25) is 0 Å². The standard InChI is InChI=1S/C30H40O3/c1-7-8-9-10-11-17-33-27-20-26-25(29(3,4)15-16-30(26,5)6)19-24(27)23-14-12-13-22(18-23)21(2)28(31)32/h12-14,18-20H,2,7-11,15-17H2,1,3-6H3,(H,31,32). The summed E-state index contributed by atoms with van der Waals surface area (Å²) in [6.45, 7) is 16.0. The van der Waals surface area contributed by atoms with Crippen molar-refractivity contribution in [2.45, 2.75) is 90.4 Å². The fraction of sp³-hybridized carbons (Fsp3) is 0.500. The fourth-order valence-corrected chi connectivity index (χ4v) is 4.82. The fourth-order valence-electron chi connectivity index (χ4n) is 4.82. The maximum Gasteiger partial charge on any atom is 0.335 e. The molecule has 0 saturated heterocycles. The van der Waals surface area contributed by atoms with E-state index in [1.165, 1.54) is 36.8 Å². The highest BCUT2D eigenvalue weighted by molar-refractivity contribution is 6.14. The number of ether oxygens (including phenoxy) is 1. The Labute approximate surface area is 199 Å². The number of fused-ring (bicyclic) bond motifs is 1. The number of hydrogen-bond acceptors (Lipinski definition) is 2. The van der Waals surface area contributed by atoms with E-state index in [0.29, 0.717) is 12.2 Å². The number of rotatable bonds is 10. The number of benzene rings is 2. The molecule has 0 amide bonds. The first-order chi connectivity index (χ1) is 15.6. The molecular weight excluding hydrogens is 408 g/mol. The maximum absolute atomic E-state index is 11.5. The summed E-state index contributed by atoms with van der Waals surface area (Å²) >= 11 is 0. The van der Waals surface area contributed by atoms with Crippen LogP contribution < -0.4 is 4.74 Å². The number of unbranched alkanes of at least 4 members (excludes halogenated alkanes) is 4. The summed E-state index contributed by atoms with van der Waals surface area (Å²) in [4.78, 5) is 11.5. The average molecular weight is 449 g/mol. The Hall–Kier alpha value is -2.55. The van der Waals surface area contributed by atoms with Gasteiger partial charge in [-0.15, -0.1) is 0 Å².